The molecule has 6 heteroatoms. The number of ether oxygens (including phenoxy) is 1. The maximum Gasteiger partial charge on any atom is 0.315 e. The van der Waals surface area contributed by atoms with E-state index in [0.717, 1.165) is 29.5 Å². The van der Waals surface area contributed by atoms with E-state index in [2.05, 4.69) is 10.1 Å². The van der Waals surface area contributed by atoms with Crippen molar-refractivity contribution in [2.45, 2.75) is 32.2 Å². The molecule has 0 bridgehead atoms. The Morgan fingerprint density at radius 3 is 2.54 bits per heavy atom. The maximum absolute atomic E-state index is 13.0. The lowest BCUT2D eigenvalue weighted by atomic mass is 9.79. The second-order valence-electron chi connectivity index (χ2n) is 7.00. The first-order valence-electron chi connectivity index (χ1n) is 9.32. The smallest absolute Gasteiger partial charge is 0.315 e. The highest BCUT2D eigenvalue weighted by Crippen LogP contribution is 2.30. The van der Waals surface area contributed by atoms with Crippen LogP contribution in [0, 0.1) is 5.92 Å². The van der Waals surface area contributed by atoms with Crippen LogP contribution in [-0.4, -0.2) is 24.8 Å². The molecule has 0 aliphatic heterocycles. The summed E-state index contributed by atoms with van der Waals surface area (Å²) >= 11 is 0. The van der Waals surface area contributed by atoms with Gasteiger partial charge in [-0.1, -0.05) is 30.3 Å². The zero-order chi connectivity index (χ0) is 20.1. The van der Waals surface area contributed by atoms with E-state index in [9.17, 15) is 14.4 Å². The van der Waals surface area contributed by atoms with Crippen molar-refractivity contribution < 1.29 is 19.1 Å². The minimum atomic E-state index is -0.604. The van der Waals surface area contributed by atoms with Gasteiger partial charge in [-0.3, -0.25) is 14.4 Å². The summed E-state index contributed by atoms with van der Waals surface area (Å²) < 4.78 is 4.49. The average Bonchev–Trinajstić information content (AvgIpc) is 2.70. The van der Waals surface area contributed by atoms with Crippen LogP contribution in [0.1, 0.15) is 39.9 Å². The molecular weight excluding hydrogens is 356 g/mol. The first-order valence-corrected chi connectivity index (χ1v) is 9.32. The molecule has 2 aromatic rings. The van der Waals surface area contributed by atoms with Gasteiger partial charge in [-0.05, 0) is 48.1 Å². The molecule has 3 rings (SSSR count). The van der Waals surface area contributed by atoms with Crippen LogP contribution in [-0.2, 0) is 33.7 Å². The van der Waals surface area contributed by atoms with Crippen molar-refractivity contribution in [1.29, 1.82) is 0 Å². The zero-order valence-electron chi connectivity index (χ0n) is 15.9. The van der Waals surface area contributed by atoms with Crippen LogP contribution in [0.25, 0.3) is 0 Å². The Bertz CT molecular complexity index is 890. The lowest BCUT2D eigenvalue weighted by Gasteiger charge is -2.24. The van der Waals surface area contributed by atoms with E-state index in [0.29, 0.717) is 24.2 Å². The van der Waals surface area contributed by atoms with Gasteiger partial charge in [-0.15, -0.1) is 0 Å². The second-order valence-corrected chi connectivity index (χ2v) is 7.00. The SMILES string of the molecule is COC(=O)CC(=O)Nc1ccc2c(c1)C(=O)C(Cc1ccc(CN)cc1)CC2. The molecule has 0 aromatic heterocycles. The first kappa shape index (κ1) is 19.8. The molecule has 3 N–H and O–H groups in total. The lowest BCUT2D eigenvalue weighted by Crippen LogP contribution is -2.25. The Labute approximate surface area is 164 Å². The summed E-state index contributed by atoms with van der Waals surface area (Å²) in [4.78, 5) is 36.1. The highest BCUT2D eigenvalue weighted by atomic mass is 16.5. The number of esters is 1. The van der Waals surface area contributed by atoms with Crippen molar-refractivity contribution >= 4 is 23.3 Å². The number of carbonyl (C=O) groups excluding carboxylic acids is 3. The van der Waals surface area contributed by atoms with Gasteiger partial charge in [-0.25, -0.2) is 0 Å². The number of benzene rings is 2. The Balaban J connectivity index is 1.71. The number of fused-ring (bicyclic) bond motifs is 1. The van der Waals surface area contributed by atoms with E-state index >= 15 is 0 Å². The summed E-state index contributed by atoms with van der Waals surface area (Å²) in [5.41, 5.74) is 9.96. The average molecular weight is 380 g/mol. The van der Waals surface area contributed by atoms with Crippen molar-refractivity contribution in [3.8, 4) is 0 Å². The Kier molecular flexibility index (Phi) is 6.21. The predicted molar refractivity (Wildman–Crippen MR) is 106 cm³/mol. The number of methoxy groups -OCH3 is 1. The molecule has 6 nitrogen and oxygen atoms in total. The predicted octanol–water partition coefficient (Wildman–Crippen LogP) is 2.63. The van der Waals surface area contributed by atoms with E-state index in [4.69, 9.17) is 5.73 Å². The van der Waals surface area contributed by atoms with Gasteiger partial charge in [0.1, 0.15) is 6.42 Å². The van der Waals surface area contributed by atoms with E-state index in [1.807, 2.05) is 30.3 Å². The molecule has 0 saturated carbocycles. The molecule has 1 atom stereocenters. The molecule has 0 fully saturated rings. The molecule has 0 radical (unpaired) electrons. The molecule has 1 aliphatic rings. The number of rotatable bonds is 6. The summed E-state index contributed by atoms with van der Waals surface area (Å²) in [5, 5.41) is 2.65. The number of nitrogens with one attached hydrogen (secondary N) is 1. The highest BCUT2D eigenvalue weighted by Gasteiger charge is 2.28. The van der Waals surface area contributed by atoms with Gasteiger partial charge in [0.05, 0.1) is 7.11 Å². The molecule has 1 unspecified atom stereocenters. The third kappa shape index (κ3) is 4.64. The standard InChI is InChI=1S/C22H24N2O4/c1-28-21(26)12-20(25)24-18-9-8-16-6-7-17(22(27)19(16)11-18)10-14-2-4-15(13-23)5-3-14/h2-5,8-9,11,17H,6-7,10,12-13,23H2,1H3,(H,24,25). The molecule has 2 aromatic carbocycles. The quantitative estimate of drug-likeness (QED) is 0.593. The number of aryl methyl sites for hydroxylation is 1. The largest absolute Gasteiger partial charge is 0.469 e. The van der Waals surface area contributed by atoms with Crippen LogP contribution in [0.2, 0.25) is 0 Å². The molecule has 146 valence electrons. The summed E-state index contributed by atoms with van der Waals surface area (Å²) in [6.45, 7) is 0.500. The number of hydrogen-bond acceptors (Lipinski definition) is 5. The van der Waals surface area contributed by atoms with Gasteiger partial charge >= 0.3 is 5.97 Å². The molecule has 1 aliphatic carbocycles. The van der Waals surface area contributed by atoms with Crippen molar-refractivity contribution in [2.75, 3.05) is 12.4 Å². The summed E-state index contributed by atoms with van der Waals surface area (Å²) in [7, 11) is 1.23. The fourth-order valence-corrected chi connectivity index (χ4v) is 3.48. The second kappa shape index (κ2) is 8.80. The summed E-state index contributed by atoms with van der Waals surface area (Å²) in [6.07, 6.45) is 1.95. The van der Waals surface area contributed by atoms with Crippen molar-refractivity contribution in [3.63, 3.8) is 0 Å². The Morgan fingerprint density at radius 2 is 1.86 bits per heavy atom. The van der Waals surface area contributed by atoms with Crippen LogP contribution >= 0.6 is 0 Å². The van der Waals surface area contributed by atoms with Gasteiger partial charge in [0.2, 0.25) is 5.91 Å². The van der Waals surface area contributed by atoms with E-state index in [-0.39, 0.29) is 18.1 Å². The molecule has 0 saturated heterocycles. The third-order valence-electron chi connectivity index (χ3n) is 5.07. The number of amides is 1. The minimum Gasteiger partial charge on any atom is -0.469 e. The first-order chi connectivity index (χ1) is 13.5. The fourth-order valence-electron chi connectivity index (χ4n) is 3.48. The van der Waals surface area contributed by atoms with Gasteiger partial charge in [-0.2, -0.15) is 0 Å². The maximum atomic E-state index is 13.0. The number of carbonyl (C=O) groups is 3. The monoisotopic (exact) mass is 380 g/mol. The Morgan fingerprint density at radius 1 is 1.14 bits per heavy atom. The van der Waals surface area contributed by atoms with Crippen LogP contribution in [0.15, 0.2) is 42.5 Å². The van der Waals surface area contributed by atoms with Crippen LogP contribution in [0.4, 0.5) is 5.69 Å². The van der Waals surface area contributed by atoms with Crippen molar-refractivity contribution in [2.24, 2.45) is 11.7 Å². The van der Waals surface area contributed by atoms with Crippen LogP contribution < -0.4 is 11.1 Å². The molecular formula is C22H24N2O4. The van der Waals surface area contributed by atoms with Crippen molar-refractivity contribution in [3.05, 3.63) is 64.7 Å². The number of anilines is 1. The summed E-state index contributed by atoms with van der Waals surface area (Å²) in [5.74, 6) is -1.07. The number of ketones is 1. The van der Waals surface area contributed by atoms with E-state index in [1.165, 1.54) is 7.11 Å². The van der Waals surface area contributed by atoms with E-state index < -0.39 is 11.9 Å². The fraction of sp³-hybridized carbons (Fsp3) is 0.318. The van der Waals surface area contributed by atoms with Gasteiger partial charge in [0.15, 0.2) is 5.78 Å². The minimum absolute atomic E-state index is 0.0859. The normalized spacial score (nSPS) is 15.6. The molecule has 0 heterocycles. The van der Waals surface area contributed by atoms with Crippen LogP contribution in [0.5, 0.6) is 0 Å². The number of hydrogen-bond donors (Lipinski definition) is 2. The zero-order valence-corrected chi connectivity index (χ0v) is 15.9. The molecule has 1 amide bonds. The third-order valence-corrected chi connectivity index (χ3v) is 5.07. The number of Topliss-reactive ketones (excluding diaryl/α,β-unsaturated/α-hetero) is 1. The topological polar surface area (TPSA) is 98.5 Å². The summed E-state index contributed by atoms with van der Waals surface area (Å²) in [6, 6.07) is 13.4. The van der Waals surface area contributed by atoms with Crippen molar-refractivity contribution in [1.82, 2.24) is 0 Å². The highest BCUT2D eigenvalue weighted by molar-refractivity contribution is 6.04. The molecule has 0 spiro atoms. The van der Waals surface area contributed by atoms with Gasteiger partial charge < -0.3 is 15.8 Å². The lowest BCUT2D eigenvalue weighted by molar-refractivity contribution is -0.142. The van der Waals surface area contributed by atoms with Crippen LogP contribution in [0.3, 0.4) is 0 Å². The molecule has 28 heavy (non-hydrogen) atoms. The van der Waals surface area contributed by atoms with E-state index in [1.54, 1.807) is 12.1 Å². The number of nitrogens with two attached hydrogens (primary N) is 1. The van der Waals surface area contributed by atoms with Gasteiger partial charge in [0.25, 0.3) is 0 Å². The Hall–Kier alpha value is -2.99. The van der Waals surface area contributed by atoms with Gasteiger partial charge in [0, 0.05) is 23.7 Å².